The maximum atomic E-state index is 11.1. The van der Waals surface area contributed by atoms with Crippen molar-refractivity contribution in [3.05, 3.63) is 0 Å². The fourth-order valence-corrected chi connectivity index (χ4v) is 3.16. The van der Waals surface area contributed by atoms with Crippen LogP contribution in [-0.2, 0) is 4.79 Å². The smallest absolute Gasteiger partial charge is 0.306 e. The summed E-state index contributed by atoms with van der Waals surface area (Å²) in [6.45, 7) is 2.14. The zero-order valence-corrected chi connectivity index (χ0v) is 8.70. The quantitative estimate of drug-likeness (QED) is 0.723. The average Bonchev–Trinajstić information content (AvgIpc) is 2.53. The molecule has 2 bridgehead atoms. The SMILES string of the molecule is CCCC1C2CCC(CC1C(=O)O)N2. The summed E-state index contributed by atoms with van der Waals surface area (Å²) < 4.78 is 0. The van der Waals surface area contributed by atoms with Gasteiger partial charge in [-0.3, -0.25) is 4.79 Å². The van der Waals surface area contributed by atoms with Gasteiger partial charge in [-0.25, -0.2) is 0 Å². The molecule has 80 valence electrons. The molecule has 2 N–H and O–H groups in total. The molecule has 2 rings (SSSR count). The minimum atomic E-state index is -0.582. The lowest BCUT2D eigenvalue weighted by Gasteiger charge is -2.35. The molecule has 0 amide bonds. The third-order valence-electron chi connectivity index (χ3n) is 3.79. The highest BCUT2D eigenvalue weighted by atomic mass is 16.4. The van der Waals surface area contributed by atoms with Gasteiger partial charge in [0.25, 0.3) is 0 Å². The van der Waals surface area contributed by atoms with Gasteiger partial charge in [-0.2, -0.15) is 0 Å². The van der Waals surface area contributed by atoms with Crippen LogP contribution in [0.3, 0.4) is 0 Å². The Morgan fingerprint density at radius 3 is 2.93 bits per heavy atom. The van der Waals surface area contributed by atoms with Gasteiger partial charge in [0.15, 0.2) is 0 Å². The third kappa shape index (κ3) is 1.65. The molecule has 0 aromatic carbocycles. The monoisotopic (exact) mass is 197 g/mol. The normalized spacial score (nSPS) is 41.2. The van der Waals surface area contributed by atoms with Crippen LogP contribution in [-0.4, -0.2) is 23.2 Å². The molecule has 4 unspecified atom stereocenters. The van der Waals surface area contributed by atoms with Crippen molar-refractivity contribution >= 4 is 5.97 Å². The summed E-state index contributed by atoms with van der Waals surface area (Å²) in [5, 5.41) is 12.7. The molecule has 0 aliphatic carbocycles. The Morgan fingerprint density at radius 1 is 1.50 bits per heavy atom. The molecule has 3 nitrogen and oxygen atoms in total. The van der Waals surface area contributed by atoms with E-state index in [0.717, 1.165) is 19.3 Å². The third-order valence-corrected chi connectivity index (χ3v) is 3.79. The van der Waals surface area contributed by atoms with Crippen LogP contribution in [0.15, 0.2) is 0 Å². The van der Waals surface area contributed by atoms with E-state index in [0.29, 0.717) is 18.0 Å². The minimum Gasteiger partial charge on any atom is -0.481 e. The van der Waals surface area contributed by atoms with Crippen molar-refractivity contribution in [1.29, 1.82) is 0 Å². The van der Waals surface area contributed by atoms with Gasteiger partial charge < -0.3 is 10.4 Å². The van der Waals surface area contributed by atoms with Gasteiger partial charge >= 0.3 is 5.97 Å². The van der Waals surface area contributed by atoms with Crippen LogP contribution < -0.4 is 5.32 Å². The second-order valence-electron chi connectivity index (χ2n) is 4.68. The molecular formula is C11H19NO2. The molecular weight excluding hydrogens is 178 g/mol. The van der Waals surface area contributed by atoms with Crippen molar-refractivity contribution in [3.8, 4) is 0 Å². The van der Waals surface area contributed by atoms with Crippen LogP contribution in [0.25, 0.3) is 0 Å². The number of carboxylic acids is 1. The summed E-state index contributed by atoms with van der Waals surface area (Å²) in [5.41, 5.74) is 0. The second-order valence-corrected chi connectivity index (χ2v) is 4.68. The number of hydrogen-bond donors (Lipinski definition) is 2. The summed E-state index contributed by atoms with van der Waals surface area (Å²) in [4.78, 5) is 11.1. The lowest BCUT2D eigenvalue weighted by molar-refractivity contribution is -0.145. The Morgan fingerprint density at radius 2 is 2.29 bits per heavy atom. The van der Waals surface area contributed by atoms with E-state index < -0.39 is 5.97 Å². The lowest BCUT2D eigenvalue weighted by atomic mass is 9.79. The zero-order chi connectivity index (χ0) is 10.1. The minimum absolute atomic E-state index is 0.0892. The van der Waals surface area contributed by atoms with E-state index in [-0.39, 0.29) is 5.92 Å². The highest BCUT2D eigenvalue weighted by molar-refractivity contribution is 5.70. The van der Waals surface area contributed by atoms with Gasteiger partial charge in [-0.05, 0) is 31.6 Å². The molecule has 2 aliphatic rings. The van der Waals surface area contributed by atoms with E-state index in [4.69, 9.17) is 0 Å². The number of fused-ring (bicyclic) bond motifs is 2. The van der Waals surface area contributed by atoms with Crippen LogP contribution in [0, 0.1) is 11.8 Å². The highest BCUT2D eigenvalue weighted by Gasteiger charge is 2.43. The Kier molecular flexibility index (Phi) is 2.77. The molecule has 0 aromatic rings. The molecule has 3 heteroatoms. The van der Waals surface area contributed by atoms with Crippen molar-refractivity contribution in [2.45, 2.75) is 51.1 Å². The number of carboxylic acid groups (broad SMARTS) is 1. The molecule has 0 saturated carbocycles. The molecule has 0 radical (unpaired) electrons. The summed E-state index contributed by atoms with van der Waals surface area (Å²) in [6.07, 6.45) is 5.35. The zero-order valence-electron chi connectivity index (χ0n) is 8.70. The maximum absolute atomic E-state index is 11.1. The molecule has 2 aliphatic heterocycles. The van der Waals surface area contributed by atoms with Crippen LogP contribution in [0.2, 0.25) is 0 Å². The van der Waals surface area contributed by atoms with Gasteiger partial charge in [-0.15, -0.1) is 0 Å². The summed E-state index contributed by atoms with van der Waals surface area (Å²) >= 11 is 0. The van der Waals surface area contributed by atoms with Gasteiger partial charge in [0, 0.05) is 12.1 Å². The van der Waals surface area contributed by atoms with Crippen molar-refractivity contribution in [2.75, 3.05) is 0 Å². The standard InChI is InChI=1S/C11H19NO2/c1-2-3-8-9(11(13)14)6-7-4-5-10(8)12-7/h7-10,12H,2-6H2,1H3,(H,13,14). The van der Waals surface area contributed by atoms with Gasteiger partial charge in [0.2, 0.25) is 0 Å². The Labute approximate surface area is 84.9 Å². The second kappa shape index (κ2) is 3.89. The Bertz CT molecular complexity index is 229. The van der Waals surface area contributed by atoms with Crippen molar-refractivity contribution < 1.29 is 9.90 Å². The number of carbonyl (C=O) groups is 1. The van der Waals surface area contributed by atoms with Crippen molar-refractivity contribution in [1.82, 2.24) is 5.32 Å². The predicted molar refractivity (Wildman–Crippen MR) is 54.1 cm³/mol. The number of aliphatic carboxylic acids is 1. The molecule has 4 atom stereocenters. The fourth-order valence-electron chi connectivity index (χ4n) is 3.16. The number of hydrogen-bond acceptors (Lipinski definition) is 2. The van der Waals surface area contributed by atoms with Crippen LogP contribution in [0.1, 0.15) is 39.0 Å². The summed E-state index contributed by atoms with van der Waals surface area (Å²) in [5.74, 6) is -0.299. The average molecular weight is 197 g/mol. The molecule has 2 saturated heterocycles. The van der Waals surface area contributed by atoms with Crippen LogP contribution in [0.5, 0.6) is 0 Å². The van der Waals surface area contributed by atoms with E-state index in [1.54, 1.807) is 0 Å². The molecule has 2 fully saturated rings. The van der Waals surface area contributed by atoms with E-state index >= 15 is 0 Å². The first-order chi connectivity index (χ1) is 6.72. The Balaban J connectivity index is 2.10. The van der Waals surface area contributed by atoms with E-state index in [2.05, 4.69) is 12.2 Å². The van der Waals surface area contributed by atoms with E-state index in [1.807, 2.05) is 0 Å². The summed E-state index contributed by atoms with van der Waals surface area (Å²) in [7, 11) is 0. The van der Waals surface area contributed by atoms with E-state index in [9.17, 15) is 9.90 Å². The predicted octanol–water partition coefficient (Wildman–Crippen LogP) is 1.63. The topological polar surface area (TPSA) is 49.3 Å². The first-order valence-electron chi connectivity index (χ1n) is 5.71. The molecule has 0 aromatic heterocycles. The first kappa shape index (κ1) is 9.97. The maximum Gasteiger partial charge on any atom is 0.306 e. The van der Waals surface area contributed by atoms with Gasteiger partial charge in [0.05, 0.1) is 5.92 Å². The van der Waals surface area contributed by atoms with E-state index in [1.165, 1.54) is 12.8 Å². The molecule has 2 heterocycles. The lowest BCUT2D eigenvalue weighted by Crippen LogP contribution is -2.47. The molecule has 0 spiro atoms. The summed E-state index contributed by atoms with van der Waals surface area (Å²) in [6, 6.07) is 0.962. The number of rotatable bonds is 3. The first-order valence-corrected chi connectivity index (χ1v) is 5.71. The van der Waals surface area contributed by atoms with Crippen molar-refractivity contribution in [3.63, 3.8) is 0 Å². The fraction of sp³-hybridized carbons (Fsp3) is 0.909. The number of piperidine rings is 1. The number of nitrogens with one attached hydrogen (secondary N) is 1. The highest BCUT2D eigenvalue weighted by Crippen LogP contribution is 2.38. The van der Waals surface area contributed by atoms with Gasteiger partial charge in [0.1, 0.15) is 0 Å². The largest absolute Gasteiger partial charge is 0.481 e. The van der Waals surface area contributed by atoms with Crippen LogP contribution >= 0.6 is 0 Å². The Hall–Kier alpha value is -0.570. The van der Waals surface area contributed by atoms with Gasteiger partial charge in [-0.1, -0.05) is 13.3 Å². The molecule has 14 heavy (non-hydrogen) atoms. The van der Waals surface area contributed by atoms with Crippen LogP contribution in [0.4, 0.5) is 0 Å². The van der Waals surface area contributed by atoms with Crippen molar-refractivity contribution in [2.24, 2.45) is 11.8 Å².